The summed E-state index contributed by atoms with van der Waals surface area (Å²) in [6.45, 7) is 50.7. The number of hydrogen-bond donors (Lipinski definition) is 1. The average molecular weight is 2520 g/mol. The molecule has 474 valence electrons. The topological polar surface area (TPSA) is 186 Å². The third kappa shape index (κ3) is 41.8. The van der Waals surface area contributed by atoms with Crippen LogP contribution in [-0.2, 0) is 228 Å². The van der Waals surface area contributed by atoms with Gasteiger partial charge in [0, 0.05) is 184 Å². The molecule has 0 saturated carbocycles. The second-order valence-electron chi connectivity index (χ2n) is 26.2. The number of rotatable bonds is 0. The Morgan fingerprint density at radius 3 is 1.20 bits per heavy atom. The first-order chi connectivity index (χ1) is 34.0. The van der Waals surface area contributed by atoms with Gasteiger partial charge < -0.3 is 67.2 Å². The molecule has 0 aliphatic rings. The number of aryl methyl sites for hydroxylation is 3. The average Bonchev–Trinajstić information content (AvgIpc) is 4.11. The van der Waals surface area contributed by atoms with Crippen molar-refractivity contribution in [3.63, 3.8) is 0 Å². The number of nitrogens with zero attached hydrogens (tertiary/aromatic N) is 11. The van der Waals surface area contributed by atoms with Crippen LogP contribution in [0.1, 0.15) is 212 Å². The predicted molar refractivity (Wildman–Crippen MR) is 295 cm³/mol. The number of H-pyrrole nitrogens is 1. The van der Waals surface area contributed by atoms with Crippen molar-refractivity contribution in [1.29, 1.82) is 0 Å². The van der Waals surface area contributed by atoms with Crippen molar-refractivity contribution in [2.75, 3.05) is 0 Å². The fourth-order valence-corrected chi connectivity index (χ4v) is 5.23. The Balaban J connectivity index is -0.000000127. The normalized spacial score (nSPS) is 10.8. The van der Waals surface area contributed by atoms with Crippen molar-refractivity contribution in [3.05, 3.63) is 145 Å². The maximum Gasteiger partial charge on any atom is 0.102 e. The summed E-state index contributed by atoms with van der Waals surface area (Å²) in [5, 5.41) is 21.5. The van der Waals surface area contributed by atoms with Gasteiger partial charge in [0.05, 0.1) is 0 Å². The van der Waals surface area contributed by atoms with Crippen molar-refractivity contribution in [1.82, 2.24) is 59.6 Å². The van der Waals surface area contributed by atoms with Crippen LogP contribution in [0.2, 0.25) is 0 Å². The van der Waals surface area contributed by atoms with E-state index in [-0.39, 0.29) is 207 Å². The Hall–Kier alpha value is -1.02. The van der Waals surface area contributed by atoms with Gasteiger partial charge in [0.15, 0.2) is 0 Å². The quantitative estimate of drug-likeness (QED) is 0.142. The van der Waals surface area contributed by atoms with Crippen molar-refractivity contribution in [2.24, 2.45) is 21.1 Å². The molecule has 1 N–H and O–H groups in total. The van der Waals surface area contributed by atoms with Crippen LogP contribution in [0.15, 0.2) is 67.2 Å². The molecule has 0 aliphatic carbocycles. The number of aromatic amines is 1. The molecule has 24 heteroatoms. The summed E-state index contributed by atoms with van der Waals surface area (Å²) in [4.78, 5) is 11.7. The van der Waals surface area contributed by atoms with Gasteiger partial charge >= 0.3 is 0 Å². The zero-order valence-electron chi connectivity index (χ0n) is 53.7. The van der Waals surface area contributed by atoms with Gasteiger partial charge in [-0.05, 0) is 58.2 Å². The second kappa shape index (κ2) is 43.6. The Labute approximate surface area is 609 Å². The molecule has 8 aromatic rings. The molecule has 0 saturated heterocycles. The van der Waals surface area contributed by atoms with Crippen LogP contribution >= 0.6 is 0 Å². The minimum Gasteiger partial charge on any atom is -0.581 e. The standard InChI is InChI=1S/3C8H13N2.C7H11N2.4C7H10NO.8Re/c1-8(2,3)7-5-10(4)6-9-7;1-8(2,3)7-5-9-10(4)6-7;1-8(2,3)7-5-6-9-10(7)4;1-7(2,3)6-4-5-8-9-6;1-7(2,3)6-4-9-5-8-6;1-7(2,3)6-4-8-5-9-6;1-7(2,3)6-4-8-9-5-6;1-7(2,3)6-4-5-8-9-6;;;;;;;;/h5H,1-4H3;6H,1-4H3;5H,1-4H3;4H,1-3H3,(H,8,9);2*4H,1-3H3;5H,1-3H3;4H,1-3H3;;;;;;;;/q8*-1;;;;;;;;. The summed E-state index contributed by atoms with van der Waals surface area (Å²) in [6.07, 6.45) is 30.5. The number of imidazole rings is 1. The number of oxazole rings is 2. The third-order valence-corrected chi connectivity index (χ3v) is 10.3. The molecular weight excluding hydrogens is 2430 g/mol. The molecular formula is C59H90N12O4Re8-8. The van der Waals surface area contributed by atoms with E-state index >= 15 is 0 Å². The maximum absolute atomic E-state index is 4.96. The number of nitrogens with one attached hydrogen (secondary N) is 1. The summed E-state index contributed by atoms with van der Waals surface area (Å²) < 4.78 is 24.7. The molecule has 8 aromatic heterocycles. The Morgan fingerprint density at radius 1 is 0.470 bits per heavy atom. The van der Waals surface area contributed by atoms with Crippen molar-refractivity contribution in [3.8, 4) is 0 Å². The van der Waals surface area contributed by atoms with Crippen LogP contribution in [-0.4, -0.2) is 59.6 Å². The first-order valence-corrected chi connectivity index (χ1v) is 25.0. The zero-order valence-corrected chi connectivity index (χ0v) is 75.4. The van der Waals surface area contributed by atoms with E-state index < -0.39 is 0 Å². The third-order valence-electron chi connectivity index (χ3n) is 10.3. The van der Waals surface area contributed by atoms with E-state index in [4.69, 9.17) is 13.4 Å². The van der Waals surface area contributed by atoms with Crippen LogP contribution in [0.3, 0.4) is 0 Å². The fraction of sp³-hybridized carbons (Fsp3) is 0.593. The monoisotopic (exact) mass is 2530 g/mol. The molecule has 0 aromatic carbocycles. The van der Waals surface area contributed by atoms with E-state index in [1.165, 1.54) is 5.69 Å². The van der Waals surface area contributed by atoms with Crippen LogP contribution in [0.25, 0.3) is 0 Å². The van der Waals surface area contributed by atoms with Crippen molar-refractivity contribution < 1.29 is 181 Å². The summed E-state index contributed by atoms with van der Waals surface area (Å²) in [5.41, 5.74) is 7.56. The first-order valence-electron chi connectivity index (χ1n) is 25.0. The summed E-state index contributed by atoms with van der Waals surface area (Å²) in [5.74, 6) is 1.75. The molecule has 83 heavy (non-hydrogen) atoms. The molecule has 8 rings (SSSR count). The van der Waals surface area contributed by atoms with Gasteiger partial charge in [-0.2, -0.15) is 29.3 Å². The zero-order chi connectivity index (χ0) is 57.9. The largest absolute Gasteiger partial charge is 0.581 e. The van der Waals surface area contributed by atoms with Gasteiger partial charge in [-0.1, -0.05) is 206 Å². The van der Waals surface area contributed by atoms with E-state index in [0.717, 1.165) is 39.7 Å². The number of aromatic nitrogens is 12. The Morgan fingerprint density at radius 2 is 1.01 bits per heavy atom. The van der Waals surface area contributed by atoms with Gasteiger partial charge in [0.1, 0.15) is 12.8 Å². The molecule has 0 atom stereocenters. The van der Waals surface area contributed by atoms with Crippen LogP contribution in [0.4, 0.5) is 0 Å². The molecule has 8 heterocycles. The minimum absolute atomic E-state index is 0. The van der Waals surface area contributed by atoms with Gasteiger partial charge in [-0.25, -0.2) is 10.3 Å². The first kappa shape index (κ1) is 98.2. The van der Waals surface area contributed by atoms with E-state index in [1.54, 1.807) is 29.5 Å². The van der Waals surface area contributed by atoms with E-state index in [0.29, 0.717) is 0 Å². The van der Waals surface area contributed by atoms with Gasteiger partial charge in [-0.3, -0.25) is 0 Å². The predicted octanol–water partition coefficient (Wildman–Crippen LogP) is 13.1. The van der Waals surface area contributed by atoms with Crippen LogP contribution < -0.4 is 0 Å². The molecule has 8 radical (unpaired) electrons. The van der Waals surface area contributed by atoms with Crippen LogP contribution in [0, 0.1) is 50.1 Å². The minimum atomic E-state index is 0. The molecule has 16 nitrogen and oxygen atoms in total. The van der Waals surface area contributed by atoms with Gasteiger partial charge in [0.25, 0.3) is 0 Å². The summed E-state index contributed by atoms with van der Waals surface area (Å²) in [6, 6.07) is 5.57. The molecule has 0 bridgehead atoms. The smallest absolute Gasteiger partial charge is 0.102 e. The Bertz CT molecular complexity index is 2360. The van der Waals surface area contributed by atoms with Crippen molar-refractivity contribution >= 4 is 0 Å². The number of hydrogen-bond acceptors (Lipinski definition) is 12. The molecule has 0 spiro atoms. The summed E-state index contributed by atoms with van der Waals surface area (Å²) in [7, 11) is 5.78. The molecule has 0 aliphatic heterocycles. The molecule has 0 fully saturated rings. The van der Waals surface area contributed by atoms with Gasteiger partial charge in [-0.15, -0.1) is 48.6 Å². The SMILES string of the molecule is CC(C)(C)c1[c-]noc1.CC(C)(C)c1c[c-]n[nH]1.CC(C)(C)c1c[c-]no1.CC(C)(C)c1cn[c-]o1.CC(C)(C)c1co[c-]n1.Cn1[c-]nc(C(C)(C)C)c1.Cn1cc(C(C)(C)C)[c-]n1.Cn1n[c-]cc1C(C)(C)C.[Re].[Re].[Re].[Re].[Re].[Re].[Re].[Re]. The van der Waals surface area contributed by atoms with E-state index in [1.807, 2.05) is 54.9 Å². The molecule has 0 amide bonds. The van der Waals surface area contributed by atoms with Crippen LogP contribution in [0.5, 0.6) is 0 Å². The second-order valence-corrected chi connectivity index (χ2v) is 26.2. The maximum atomic E-state index is 4.96. The van der Waals surface area contributed by atoms with Crippen molar-refractivity contribution in [2.45, 2.75) is 209 Å². The molecule has 0 unspecified atom stereocenters. The van der Waals surface area contributed by atoms with E-state index in [9.17, 15) is 0 Å². The van der Waals surface area contributed by atoms with E-state index in [2.05, 4.69) is 266 Å². The summed E-state index contributed by atoms with van der Waals surface area (Å²) >= 11 is 0. The Kier molecular flexibility index (Phi) is 51.6. The fourth-order valence-electron chi connectivity index (χ4n) is 5.23. The van der Waals surface area contributed by atoms with Gasteiger partial charge in [0.2, 0.25) is 0 Å².